The van der Waals surface area contributed by atoms with Crippen LogP contribution in [0.5, 0.6) is 5.75 Å². The van der Waals surface area contributed by atoms with Crippen LogP contribution in [0.4, 0.5) is 0 Å². The molecule has 27 heavy (non-hydrogen) atoms. The SMILES string of the molecule is CN1N=C(O[C@H]2c3cc(C#N)ccc3OC(C)(C)[C@@H]2O)[C@H]2[C@@H](C1=O)C2(C)C. The monoisotopic (exact) mass is 369 g/mol. The second kappa shape index (κ2) is 5.46. The average Bonchev–Trinajstić information content (AvgIpc) is 3.18. The third-order valence-electron chi connectivity index (χ3n) is 5.99. The fraction of sp³-hybridized carbons (Fsp3) is 0.550. The molecule has 1 aromatic rings. The Morgan fingerprint density at radius 1 is 1.30 bits per heavy atom. The summed E-state index contributed by atoms with van der Waals surface area (Å²) in [5, 5.41) is 25.8. The Morgan fingerprint density at radius 2 is 2.00 bits per heavy atom. The second-order valence-corrected chi connectivity index (χ2v) is 8.63. The number of amides is 1. The van der Waals surface area contributed by atoms with E-state index in [1.165, 1.54) is 5.01 Å². The highest BCUT2D eigenvalue weighted by Gasteiger charge is 2.68. The molecule has 0 saturated heterocycles. The lowest BCUT2D eigenvalue weighted by atomic mass is 9.87. The van der Waals surface area contributed by atoms with Crippen LogP contribution in [0, 0.1) is 28.6 Å². The zero-order valence-electron chi connectivity index (χ0n) is 16.1. The maximum atomic E-state index is 12.3. The Morgan fingerprint density at radius 3 is 2.67 bits per heavy atom. The van der Waals surface area contributed by atoms with E-state index < -0.39 is 17.8 Å². The van der Waals surface area contributed by atoms with E-state index in [1.54, 1.807) is 39.1 Å². The lowest BCUT2D eigenvalue weighted by Gasteiger charge is -2.42. The topological polar surface area (TPSA) is 95.2 Å². The molecular weight excluding hydrogens is 346 g/mol. The molecule has 0 spiro atoms. The zero-order valence-corrected chi connectivity index (χ0v) is 16.1. The smallest absolute Gasteiger partial charge is 0.246 e. The molecule has 4 rings (SSSR count). The Kier molecular flexibility index (Phi) is 3.60. The van der Waals surface area contributed by atoms with Gasteiger partial charge >= 0.3 is 0 Å². The first-order valence-electron chi connectivity index (χ1n) is 9.02. The van der Waals surface area contributed by atoms with Crippen molar-refractivity contribution in [2.24, 2.45) is 22.4 Å². The molecule has 2 heterocycles. The normalized spacial score (nSPS) is 32.4. The molecule has 0 unspecified atom stereocenters. The second-order valence-electron chi connectivity index (χ2n) is 8.63. The minimum atomic E-state index is -0.968. The molecule has 7 nitrogen and oxygen atoms in total. The lowest BCUT2D eigenvalue weighted by molar-refractivity contribution is -0.133. The third-order valence-corrected chi connectivity index (χ3v) is 5.99. The van der Waals surface area contributed by atoms with Crippen LogP contribution >= 0.6 is 0 Å². The van der Waals surface area contributed by atoms with Crippen molar-refractivity contribution in [1.82, 2.24) is 5.01 Å². The molecule has 1 amide bonds. The van der Waals surface area contributed by atoms with Crippen molar-refractivity contribution in [2.75, 3.05) is 7.05 Å². The Bertz CT molecular complexity index is 899. The van der Waals surface area contributed by atoms with Gasteiger partial charge in [-0.1, -0.05) is 13.8 Å². The molecule has 1 saturated carbocycles. The minimum Gasteiger partial charge on any atom is -0.485 e. The van der Waals surface area contributed by atoms with E-state index in [1.807, 2.05) is 13.8 Å². The van der Waals surface area contributed by atoms with Crippen molar-refractivity contribution in [3.63, 3.8) is 0 Å². The molecule has 4 atom stereocenters. The summed E-state index contributed by atoms with van der Waals surface area (Å²) in [5.74, 6) is 0.730. The van der Waals surface area contributed by atoms with Gasteiger partial charge in [0, 0.05) is 12.6 Å². The number of benzene rings is 1. The van der Waals surface area contributed by atoms with Crippen molar-refractivity contribution in [2.45, 2.75) is 45.5 Å². The molecular formula is C20H23N3O4. The fourth-order valence-corrected chi connectivity index (χ4v) is 4.19. The van der Waals surface area contributed by atoms with Gasteiger partial charge in [-0.3, -0.25) is 4.79 Å². The number of aliphatic hydroxyl groups excluding tert-OH is 1. The summed E-state index contributed by atoms with van der Waals surface area (Å²) < 4.78 is 12.2. The van der Waals surface area contributed by atoms with Gasteiger partial charge in [0.05, 0.1) is 23.5 Å². The van der Waals surface area contributed by atoms with E-state index in [0.717, 1.165) is 0 Å². The number of hydrogen-bond donors (Lipinski definition) is 1. The molecule has 7 heteroatoms. The third kappa shape index (κ3) is 2.51. The van der Waals surface area contributed by atoms with Crippen LogP contribution in [-0.2, 0) is 9.53 Å². The van der Waals surface area contributed by atoms with E-state index >= 15 is 0 Å². The number of hydrazone groups is 1. The quantitative estimate of drug-likeness (QED) is 0.819. The van der Waals surface area contributed by atoms with Crippen LogP contribution in [0.3, 0.4) is 0 Å². The summed E-state index contributed by atoms with van der Waals surface area (Å²) >= 11 is 0. The van der Waals surface area contributed by atoms with Crippen LogP contribution in [0.1, 0.15) is 44.9 Å². The van der Waals surface area contributed by atoms with Gasteiger partial charge in [0.25, 0.3) is 0 Å². The predicted molar refractivity (Wildman–Crippen MR) is 96.7 cm³/mol. The molecule has 1 aromatic carbocycles. The Labute approximate surface area is 158 Å². The molecule has 1 aliphatic carbocycles. The summed E-state index contributed by atoms with van der Waals surface area (Å²) in [6, 6.07) is 7.17. The lowest BCUT2D eigenvalue weighted by Crippen LogP contribution is -2.50. The predicted octanol–water partition coefficient (Wildman–Crippen LogP) is 2.21. The number of nitriles is 1. The first kappa shape index (κ1) is 17.8. The molecule has 2 aliphatic heterocycles. The summed E-state index contributed by atoms with van der Waals surface area (Å²) in [5.41, 5.74) is -0.0382. The van der Waals surface area contributed by atoms with Crippen molar-refractivity contribution in [1.29, 1.82) is 5.26 Å². The number of fused-ring (bicyclic) bond motifs is 2. The number of hydrogen-bond acceptors (Lipinski definition) is 6. The molecule has 0 aromatic heterocycles. The van der Waals surface area contributed by atoms with Crippen LogP contribution in [0.15, 0.2) is 23.3 Å². The standard InChI is InChI=1S/C20H23N3O4/c1-19(2)13-14(19)18(25)23(5)22-17(13)26-15-11-8-10(9-21)6-7-12(11)27-20(3,4)16(15)24/h6-8,13-16,24H,1-5H3/t13-,14+,15+,16-/m1/s1. The maximum Gasteiger partial charge on any atom is 0.246 e. The molecule has 142 valence electrons. The van der Waals surface area contributed by atoms with Crippen LogP contribution < -0.4 is 4.74 Å². The highest BCUT2D eigenvalue weighted by molar-refractivity contribution is 5.98. The summed E-state index contributed by atoms with van der Waals surface area (Å²) in [7, 11) is 1.61. The van der Waals surface area contributed by atoms with E-state index in [0.29, 0.717) is 22.8 Å². The van der Waals surface area contributed by atoms with Crippen LogP contribution in [0.2, 0.25) is 0 Å². The largest absolute Gasteiger partial charge is 0.485 e. The molecule has 3 aliphatic rings. The van der Waals surface area contributed by atoms with Crippen molar-refractivity contribution in [3.05, 3.63) is 29.3 Å². The summed E-state index contributed by atoms with van der Waals surface area (Å²) in [6.45, 7) is 7.61. The summed E-state index contributed by atoms with van der Waals surface area (Å²) in [6.07, 6.45) is -1.71. The summed E-state index contributed by atoms with van der Waals surface area (Å²) in [4.78, 5) is 12.3. The van der Waals surface area contributed by atoms with E-state index in [4.69, 9.17) is 9.47 Å². The minimum absolute atomic E-state index is 0.0163. The van der Waals surface area contributed by atoms with E-state index in [-0.39, 0.29) is 23.2 Å². The van der Waals surface area contributed by atoms with Crippen molar-refractivity contribution in [3.8, 4) is 11.8 Å². The zero-order chi connectivity index (χ0) is 19.7. The fourth-order valence-electron chi connectivity index (χ4n) is 4.19. The van der Waals surface area contributed by atoms with Gasteiger partial charge in [0.15, 0.2) is 6.10 Å². The number of carbonyl (C=O) groups is 1. The Hall–Kier alpha value is -2.59. The van der Waals surface area contributed by atoms with Crippen molar-refractivity contribution >= 4 is 11.8 Å². The number of aliphatic hydroxyl groups is 1. The maximum absolute atomic E-state index is 12.3. The highest BCUT2D eigenvalue weighted by Crippen LogP contribution is 2.61. The highest BCUT2D eigenvalue weighted by atomic mass is 16.5. The molecule has 0 bridgehead atoms. The number of rotatable bonds is 1. The number of carbonyl (C=O) groups excluding carboxylic acids is 1. The number of ether oxygens (including phenoxy) is 2. The van der Waals surface area contributed by atoms with Gasteiger partial charge in [-0.25, -0.2) is 5.01 Å². The van der Waals surface area contributed by atoms with Crippen LogP contribution in [-0.4, -0.2) is 40.7 Å². The Balaban J connectivity index is 1.74. The van der Waals surface area contributed by atoms with Gasteiger partial charge in [0.1, 0.15) is 17.5 Å². The average molecular weight is 369 g/mol. The first-order valence-corrected chi connectivity index (χ1v) is 9.02. The van der Waals surface area contributed by atoms with Gasteiger partial charge in [-0.05, 0) is 37.5 Å². The van der Waals surface area contributed by atoms with E-state index in [9.17, 15) is 15.2 Å². The number of nitrogens with zero attached hydrogens (tertiary/aromatic N) is 3. The molecule has 1 fully saturated rings. The molecule has 0 radical (unpaired) electrons. The van der Waals surface area contributed by atoms with Crippen LogP contribution in [0.25, 0.3) is 0 Å². The van der Waals surface area contributed by atoms with E-state index in [2.05, 4.69) is 11.2 Å². The van der Waals surface area contributed by atoms with Gasteiger partial charge in [0.2, 0.25) is 11.8 Å². The van der Waals surface area contributed by atoms with Gasteiger partial charge in [-0.2, -0.15) is 5.26 Å². The van der Waals surface area contributed by atoms with Gasteiger partial charge in [-0.15, -0.1) is 5.10 Å². The van der Waals surface area contributed by atoms with Crippen molar-refractivity contribution < 1.29 is 19.4 Å². The van der Waals surface area contributed by atoms with Gasteiger partial charge < -0.3 is 14.6 Å². The molecule has 1 N–H and O–H groups in total. The first-order chi connectivity index (χ1) is 12.6.